The predicted octanol–water partition coefficient (Wildman–Crippen LogP) is 2.37. The molecule has 116 valence electrons. The molecule has 2 aliphatic rings. The van der Waals surface area contributed by atoms with Gasteiger partial charge in [-0.3, -0.25) is 0 Å². The summed E-state index contributed by atoms with van der Waals surface area (Å²) < 4.78 is 13.0. The molecule has 3 heterocycles. The topological polar surface area (TPSA) is 76.9 Å². The van der Waals surface area contributed by atoms with Crippen LogP contribution in [0.5, 0.6) is 0 Å². The van der Waals surface area contributed by atoms with Gasteiger partial charge < -0.3 is 14.6 Å². The summed E-state index contributed by atoms with van der Waals surface area (Å²) >= 11 is 0. The summed E-state index contributed by atoms with van der Waals surface area (Å²) in [5.74, 6) is -0.919. The molecule has 0 saturated carbocycles. The Morgan fingerprint density at radius 2 is 2.23 bits per heavy atom. The largest absolute Gasteiger partial charge is 0.478 e. The fourth-order valence-corrected chi connectivity index (χ4v) is 3.03. The molecule has 0 amide bonds. The number of ether oxygens (including phenoxy) is 2. The number of rotatable bonds is 4. The molecule has 6 nitrogen and oxygen atoms in total. The monoisotopic (exact) mass is 302 g/mol. The van der Waals surface area contributed by atoms with Gasteiger partial charge in [-0.15, -0.1) is 0 Å². The molecule has 2 unspecified atom stereocenters. The number of aromatic nitrogens is 2. The maximum Gasteiger partial charge on any atom is 0.335 e. The van der Waals surface area contributed by atoms with Crippen molar-refractivity contribution in [3.8, 4) is 0 Å². The molecular formula is C16H18N2O4. The van der Waals surface area contributed by atoms with Gasteiger partial charge in [-0.25, -0.2) is 9.48 Å². The zero-order valence-electron chi connectivity index (χ0n) is 12.2. The van der Waals surface area contributed by atoms with Crippen molar-refractivity contribution in [1.29, 1.82) is 0 Å². The molecule has 1 aromatic heterocycles. The molecule has 0 aliphatic carbocycles. The van der Waals surface area contributed by atoms with Gasteiger partial charge in [-0.2, -0.15) is 5.10 Å². The Hall–Kier alpha value is -1.92. The van der Waals surface area contributed by atoms with Crippen LogP contribution in [0.2, 0.25) is 0 Å². The lowest BCUT2D eigenvalue weighted by atomic mass is 10.1. The second-order valence-electron chi connectivity index (χ2n) is 5.91. The number of hydrogen-bond donors (Lipinski definition) is 1. The van der Waals surface area contributed by atoms with Crippen LogP contribution in [0.3, 0.4) is 0 Å². The molecule has 0 bridgehead atoms. The summed E-state index contributed by atoms with van der Waals surface area (Å²) in [7, 11) is 0. The number of benzene rings is 1. The molecule has 0 radical (unpaired) electrons. The van der Waals surface area contributed by atoms with Crippen LogP contribution in [0, 0.1) is 0 Å². The van der Waals surface area contributed by atoms with Gasteiger partial charge in [0.2, 0.25) is 0 Å². The van der Waals surface area contributed by atoms with Gasteiger partial charge in [-0.1, -0.05) is 0 Å². The third-order valence-electron chi connectivity index (χ3n) is 4.28. The first-order valence-electron chi connectivity index (χ1n) is 7.70. The smallest absolute Gasteiger partial charge is 0.335 e. The van der Waals surface area contributed by atoms with Crippen LogP contribution < -0.4 is 0 Å². The number of carboxylic acids is 1. The van der Waals surface area contributed by atoms with E-state index in [0.29, 0.717) is 0 Å². The van der Waals surface area contributed by atoms with Gasteiger partial charge in [0.25, 0.3) is 0 Å². The average Bonchev–Trinajstić information content (AvgIpc) is 3.28. The summed E-state index contributed by atoms with van der Waals surface area (Å²) in [5.41, 5.74) is 2.12. The number of fused-ring (bicyclic) bond motifs is 1. The highest BCUT2D eigenvalue weighted by atomic mass is 16.6. The highest BCUT2D eigenvalue weighted by Gasteiger charge is 2.27. The van der Waals surface area contributed by atoms with Crippen LogP contribution in [-0.4, -0.2) is 40.2 Å². The van der Waals surface area contributed by atoms with E-state index in [1.54, 1.807) is 12.1 Å². The predicted molar refractivity (Wildman–Crippen MR) is 79.0 cm³/mol. The lowest BCUT2D eigenvalue weighted by Crippen LogP contribution is -2.19. The van der Waals surface area contributed by atoms with Crippen LogP contribution >= 0.6 is 0 Å². The normalized spacial score (nSPS) is 24.5. The van der Waals surface area contributed by atoms with E-state index in [0.717, 1.165) is 55.5 Å². The number of carbonyl (C=O) groups is 1. The maximum atomic E-state index is 11.2. The van der Waals surface area contributed by atoms with Crippen LogP contribution in [0.1, 0.15) is 41.5 Å². The molecule has 2 aromatic rings. The highest BCUT2D eigenvalue weighted by Crippen LogP contribution is 2.30. The number of epoxide rings is 1. The zero-order valence-corrected chi connectivity index (χ0v) is 12.2. The van der Waals surface area contributed by atoms with Gasteiger partial charge in [0.15, 0.2) is 6.23 Å². The lowest BCUT2D eigenvalue weighted by Gasteiger charge is -2.23. The van der Waals surface area contributed by atoms with Crippen LogP contribution in [-0.2, 0) is 15.9 Å². The van der Waals surface area contributed by atoms with Crippen molar-refractivity contribution in [3.05, 3.63) is 29.5 Å². The van der Waals surface area contributed by atoms with Crippen molar-refractivity contribution in [2.24, 2.45) is 0 Å². The molecule has 6 heteroatoms. The van der Waals surface area contributed by atoms with Crippen molar-refractivity contribution in [1.82, 2.24) is 9.78 Å². The Labute approximate surface area is 127 Å². The fraction of sp³-hybridized carbons (Fsp3) is 0.500. The van der Waals surface area contributed by atoms with E-state index in [1.165, 1.54) is 0 Å². The second kappa shape index (κ2) is 5.37. The Balaban J connectivity index is 1.80. The molecule has 0 spiro atoms. The van der Waals surface area contributed by atoms with Gasteiger partial charge in [0.1, 0.15) is 0 Å². The van der Waals surface area contributed by atoms with Crippen LogP contribution in [0.15, 0.2) is 18.2 Å². The van der Waals surface area contributed by atoms with Gasteiger partial charge in [-0.05, 0) is 37.5 Å². The molecule has 2 fully saturated rings. The number of aromatic carboxylic acids is 1. The lowest BCUT2D eigenvalue weighted by molar-refractivity contribution is -0.0369. The molecular weight excluding hydrogens is 284 g/mol. The minimum Gasteiger partial charge on any atom is -0.478 e. The Morgan fingerprint density at radius 3 is 2.91 bits per heavy atom. The van der Waals surface area contributed by atoms with Gasteiger partial charge in [0, 0.05) is 18.4 Å². The third-order valence-corrected chi connectivity index (χ3v) is 4.28. The fourth-order valence-electron chi connectivity index (χ4n) is 3.03. The highest BCUT2D eigenvalue weighted by molar-refractivity contribution is 5.94. The average molecular weight is 302 g/mol. The SMILES string of the molecule is O=C(O)c1ccc2c(c1)c(CC1CO1)nn2C1CCCCO1. The number of carboxylic acid groups (broad SMARTS) is 1. The van der Waals surface area contributed by atoms with Crippen molar-refractivity contribution in [2.45, 2.75) is 38.0 Å². The Morgan fingerprint density at radius 1 is 1.36 bits per heavy atom. The Kier molecular flexibility index (Phi) is 3.35. The third kappa shape index (κ3) is 2.48. The molecule has 22 heavy (non-hydrogen) atoms. The molecule has 2 aliphatic heterocycles. The molecule has 2 atom stereocenters. The van der Waals surface area contributed by atoms with E-state index in [2.05, 4.69) is 0 Å². The first-order valence-corrected chi connectivity index (χ1v) is 7.70. The van der Waals surface area contributed by atoms with Crippen LogP contribution in [0.25, 0.3) is 10.9 Å². The number of nitrogens with zero attached hydrogens (tertiary/aromatic N) is 2. The van der Waals surface area contributed by atoms with E-state index in [-0.39, 0.29) is 17.9 Å². The quantitative estimate of drug-likeness (QED) is 0.877. The zero-order chi connectivity index (χ0) is 15.1. The summed E-state index contributed by atoms with van der Waals surface area (Å²) in [5, 5.41) is 14.8. The van der Waals surface area contributed by atoms with Crippen molar-refractivity contribution < 1.29 is 19.4 Å². The maximum absolute atomic E-state index is 11.2. The van der Waals surface area contributed by atoms with Crippen molar-refractivity contribution in [2.75, 3.05) is 13.2 Å². The summed E-state index contributed by atoms with van der Waals surface area (Å²) in [6, 6.07) is 5.17. The minimum atomic E-state index is -0.919. The van der Waals surface area contributed by atoms with Gasteiger partial charge in [0.05, 0.1) is 29.5 Å². The first kappa shape index (κ1) is 13.7. The van der Waals surface area contributed by atoms with Gasteiger partial charge >= 0.3 is 5.97 Å². The standard InChI is InChI=1S/C16H18N2O4/c19-16(20)10-4-5-14-12(7-10)13(8-11-9-22-11)17-18(14)15-3-1-2-6-21-15/h4-5,7,11,15H,1-3,6,8-9H2,(H,19,20). The van der Waals surface area contributed by atoms with Crippen LogP contribution in [0.4, 0.5) is 0 Å². The summed E-state index contributed by atoms with van der Waals surface area (Å²) in [6.07, 6.45) is 4.03. The molecule has 2 saturated heterocycles. The van der Waals surface area contributed by atoms with Crippen molar-refractivity contribution >= 4 is 16.9 Å². The van der Waals surface area contributed by atoms with E-state index in [1.807, 2.05) is 10.7 Å². The molecule has 1 aromatic carbocycles. The van der Waals surface area contributed by atoms with E-state index in [9.17, 15) is 9.90 Å². The molecule has 1 N–H and O–H groups in total. The number of hydrogen-bond acceptors (Lipinski definition) is 4. The minimum absolute atomic E-state index is 0.0548. The summed E-state index contributed by atoms with van der Waals surface area (Å²) in [6.45, 7) is 1.51. The second-order valence-corrected chi connectivity index (χ2v) is 5.91. The Bertz CT molecular complexity index is 714. The first-order chi connectivity index (χ1) is 10.7. The van der Waals surface area contributed by atoms with Crippen molar-refractivity contribution in [3.63, 3.8) is 0 Å². The molecule has 4 rings (SSSR count). The summed E-state index contributed by atoms with van der Waals surface area (Å²) in [4.78, 5) is 11.2. The van der Waals surface area contributed by atoms with E-state index >= 15 is 0 Å². The van der Waals surface area contributed by atoms with E-state index < -0.39 is 5.97 Å². The van der Waals surface area contributed by atoms with E-state index in [4.69, 9.17) is 14.6 Å².